The topological polar surface area (TPSA) is 93.7 Å². The number of hydrogen-bond donors (Lipinski definition) is 2. The van der Waals surface area contributed by atoms with Crippen LogP contribution in [-0.2, 0) is 16.0 Å². The van der Waals surface area contributed by atoms with Gasteiger partial charge in [0.25, 0.3) is 5.91 Å². The van der Waals surface area contributed by atoms with Crippen LogP contribution < -0.4 is 15.4 Å². The predicted molar refractivity (Wildman–Crippen MR) is 159 cm³/mol. The third-order valence-corrected chi connectivity index (χ3v) is 7.04. The van der Waals surface area contributed by atoms with Gasteiger partial charge < -0.3 is 20.1 Å². The highest BCUT2D eigenvalue weighted by atomic mass is 16.6. The van der Waals surface area contributed by atoms with Gasteiger partial charge in [0, 0.05) is 35.7 Å². The molecule has 0 aliphatic heterocycles. The summed E-state index contributed by atoms with van der Waals surface area (Å²) in [5.41, 5.74) is 3.42. The summed E-state index contributed by atoms with van der Waals surface area (Å²) in [6.45, 7) is 15.3. The number of carbonyl (C=O) groups excluding carboxylic acids is 3. The molecule has 1 aromatic rings. The van der Waals surface area contributed by atoms with Crippen molar-refractivity contribution in [2.45, 2.75) is 96.8 Å². The number of Topliss-reactive ketones (excluding diaryl/α,β-unsaturated/α-hetero) is 1. The Balaban J connectivity index is 1.66. The summed E-state index contributed by atoms with van der Waals surface area (Å²) >= 11 is 0. The fourth-order valence-corrected chi connectivity index (χ4v) is 5.15. The van der Waals surface area contributed by atoms with Crippen LogP contribution in [-0.4, -0.2) is 42.1 Å². The minimum Gasteiger partial charge on any atom is -0.490 e. The van der Waals surface area contributed by atoms with Crippen molar-refractivity contribution in [2.24, 2.45) is 0 Å². The number of ether oxygens (including phenoxy) is 2. The lowest BCUT2D eigenvalue weighted by molar-refractivity contribution is -0.115. The van der Waals surface area contributed by atoms with Gasteiger partial charge in [-0.15, -0.1) is 13.2 Å². The van der Waals surface area contributed by atoms with E-state index in [2.05, 4.69) is 29.9 Å². The molecule has 1 saturated carbocycles. The Morgan fingerprint density at radius 2 is 1.82 bits per heavy atom. The lowest BCUT2D eigenvalue weighted by atomic mass is 9.89. The minimum absolute atomic E-state index is 0.0222. The number of carbonyl (C=O) groups is 3. The number of rotatable bonds is 11. The molecule has 2 N–H and O–H groups in total. The van der Waals surface area contributed by atoms with E-state index in [1.807, 2.05) is 45.9 Å². The van der Waals surface area contributed by atoms with Crippen LogP contribution in [0.25, 0.3) is 0 Å². The summed E-state index contributed by atoms with van der Waals surface area (Å²) in [6.07, 6.45) is 10.7. The van der Waals surface area contributed by atoms with E-state index < -0.39 is 11.7 Å². The molecule has 2 amide bonds. The van der Waals surface area contributed by atoms with Crippen molar-refractivity contribution in [1.29, 1.82) is 0 Å². The third-order valence-electron chi connectivity index (χ3n) is 7.04. The van der Waals surface area contributed by atoms with Crippen molar-refractivity contribution >= 4 is 17.8 Å². The van der Waals surface area contributed by atoms with E-state index in [-0.39, 0.29) is 30.4 Å². The Morgan fingerprint density at radius 1 is 1.10 bits per heavy atom. The highest BCUT2D eigenvalue weighted by Gasteiger charge is 2.27. The molecule has 0 bridgehead atoms. The molecule has 2 aliphatic carbocycles. The van der Waals surface area contributed by atoms with Gasteiger partial charge in [0.05, 0.1) is 6.10 Å². The Kier molecular flexibility index (Phi) is 10.9. The molecule has 0 heterocycles. The SMILES string of the molecule is C=CCCC1=C(CNC(=O)c2cccc(OC3CCC(NC(=O)OC(C)(C)C)CC3)c2CC=C)C(=O)CC(C)=C1. The summed E-state index contributed by atoms with van der Waals surface area (Å²) in [5, 5.41) is 5.93. The van der Waals surface area contributed by atoms with Crippen molar-refractivity contribution in [3.8, 4) is 5.75 Å². The largest absolute Gasteiger partial charge is 0.490 e. The maximum atomic E-state index is 13.3. The molecule has 2 aliphatic rings. The highest BCUT2D eigenvalue weighted by molar-refractivity contribution is 6.02. The third kappa shape index (κ3) is 8.97. The minimum atomic E-state index is -0.532. The van der Waals surface area contributed by atoms with E-state index >= 15 is 0 Å². The average Bonchev–Trinajstić information content (AvgIpc) is 2.87. The molecule has 3 rings (SSSR count). The van der Waals surface area contributed by atoms with E-state index in [0.29, 0.717) is 29.7 Å². The van der Waals surface area contributed by atoms with Crippen molar-refractivity contribution in [2.75, 3.05) is 6.54 Å². The molecule has 0 saturated heterocycles. The molecule has 0 aromatic heterocycles. The van der Waals surface area contributed by atoms with E-state index in [1.165, 1.54) is 0 Å². The zero-order valence-electron chi connectivity index (χ0n) is 24.4. The van der Waals surface area contributed by atoms with Gasteiger partial charge in [0.15, 0.2) is 5.78 Å². The van der Waals surface area contributed by atoms with Gasteiger partial charge in [0.1, 0.15) is 11.4 Å². The summed E-state index contributed by atoms with van der Waals surface area (Å²) in [6, 6.07) is 5.53. The van der Waals surface area contributed by atoms with Crippen molar-refractivity contribution in [1.82, 2.24) is 10.6 Å². The summed E-state index contributed by atoms with van der Waals surface area (Å²) in [4.78, 5) is 38.2. The maximum Gasteiger partial charge on any atom is 0.407 e. The number of benzene rings is 1. The Hall–Kier alpha value is -3.61. The van der Waals surface area contributed by atoms with Gasteiger partial charge in [-0.05, 0) is 90.3 Å². The lowest BCUT2D eigenvalue weighted by Crippen LogP contribution is -2.42. The van der Waals surface area contributed by atoms with E-state index in [9.17, 15) is 14.4 Å². The fraction of sp³-hybridized carbons (Fsp3) is 0.485. The quantitative estimate of drug-likeness (QED) is 0.306. The molecule has 0 atom stereocenters. The molecule has 7 heteroatoms. The van der Waals surface area contributed by atoms with Crippen LogP contribution >= 0.6 is 0 Å². The van der Waals surface area contributed by atoms with Gasteiger partial charge >= 0.3 is 6.09 Å². The number of alkyl carbamates (subject to hydrolysis) is 1. The number of hydrogen-bond acceptors (Lipinski definition) is 5. The molecular weight excluding hydrogens is 504 g/mol. The van der Waals surface area contributed by atoms with Crippen molar-refractivity contribution < 1.29 is 23.9 Å². The van der Waals surface area contributed by atoms with Crippen LogP contribution in [0.4, 0.5) is 4.79 Å². The fourth-order valence-electron chi connectivity index (χ4n) is 5.15. The first kappa shape index (κ1) is 30.9. The van der Waals surface area contributed by atoms with Crippen LogP contribution in [0.5, 0.6) is 5.75 Å². The van der Waals surface area contributed by atoms with Gasteiger partial charge in [-0.2, -0.15) is 0 Å². The normalized spacial score (nSPS) is 19.4. The first-order valence-corrected chi connectivity index (χ1v) is 14.2. The maximum absolute atomic E-state index is 13.3. The van der Waals surface area contributed by atoms with Gasteiger partial charge in [-0.1, -0.05) is 29.9 Å². The molecule has 216 valence electrons. The number of amides is 2. The number of ketones is 1. The van der Waals surface area contributed by atoms with Crippen LogP contribution in [0.1, 0.15) is 88.6 Å². The summed E-state index contributed by atoms with van der Waals surface area (Å²) in [5.74, 6) is 0.469. The summed E-state index contributed by atoms with van der Waals surface area (Å²) < 4.78 is 11.8. The van der Waals surface area contributed by atoms with Crippen LogP contribution in [0.3, 0.4) is 0 Å². The second kappa shape index (κ2) is 14.1. The highest BCUT2D eigenvalue weighted by Crippen LogP contribution is 2.30. The summed E-state index contributed by atoms with van der Waals surface area (Å²) in [7, 11) is 0. The first-order chi connectivity index (χ1) is 19.0. The molecule has 0 radical (unpaired) electrons. The molecule has 40 heavy (non-hydrogen) atoms. The second-order valence-electron chi connectivity index (χ2n) is 11.6. The van der Waals surface area contributed by atoms with E-state index in [0.717, 1.165) is 55.2 Å². The molecule has 0 unspecified atom stereocenters. The van der Waals surface area contributed by atoms with Crippen molar-refractivity contribution in [3.05, 3.63) is 77.4 Å². The zero-order valence-corrected chi connectivity index (χ0v) is 24.4. The molecule has 1 fully saturated rings. The Bertz CT molecular complexity index is 1180. The Morgan fingerprint density at radius 3 is 2.48 bits per heavy atom. The van der Waals surface area contributed by atoms with Crippen LogP contribution in [0.2, 0.25) is 0 Å². The standard InChI is InChI=1S/C33H44N2O5/c1-7-9-12-23-19-22(3)20-29(36)28(23)21-34-31(37)27-13-10-14-30(26(27)11-8-2)39-25-17-15-24(16-18-25)35-32(38)40-33(4,5)6/h7-8,10,13-14,19,24-25H,1-2,9,11-12,15-18,20-21H2,3-6H3,(H,34,37)(H,35,38). The number of allylic oxidation sites excluding steroid dienone is 5. The zero-order chi connectivity index (χ0) is 29.3. The second-order valence-corrected chi connectivity index (χ2v) is 11.6. The lowest BCUT2D eigenvalue weighted by Gasteiger charge is -2.31. The molecule has 0 spiro atoms. The average molecular weight is 549 g/mol. The van der Waals surface area contributed by atoms with Gasteiger partial charge in [-0.25, -0.2) is 4.79 Å². The molecule has 1 aromatic carbocycles. The Labute approximate surface area is 238 Å². The number of nitrogens with one attached hydrogen (secondary N) is 2. The van der Waals surface area contributed by atoms with Crippen molar-refractivity contribution in [3.63, 3.8) is 0 Å². The molecular formula is C33H44N2O5. The monoisotopic (exact) mass is 548 g/mol. The van der Waals surface area contributed by atoms with Crippen LogP contribution in [0, 0.1) is 0 Å². The van der Waals surface area contributed by atoms with Gasteiger partial charge in [0.2, 0.25) is 0 Å². The molecule has 7 nitrogen and oxygen atoms in total. The van der Waals surface area contributed by atoms with Crippen LogP contribution in [0.15, 0.2) is 66.3 Å². The van der Waals surface area contributed by atoms with Gasteiger partial charge in [-0.3, -0.25) is 9.59 Å². The smallest absolute Gasteiger partial charge is 0.407 e. The predicted octanol–water partition coefficient (Wildman–Crippen LogP) is 6.54. The first-order valence-electron chi connectivity index (χ1n) is 14.2. The van der Waals surface area contributed by atoms with E-state index in [1.54, 1.807) is 12.1 Å². The van der Waals surface area contributed by atoms with E-state index in [4.69, 9.17) is 9.47 Å².